The summed E-state index contributed by atoms with van der Waals surface area (Å²) >= 11 is 6.07. The number of H-pyrrole nitrogens is 1. The van der Waals surface area contributed by atoms with Gasteiger partial charge in [0.2, 0.25) is 6.79 Å². The summed E-state index contributed by atoms with van der Waals surface area (Å²) in [6, 6.07) is 3.21. The molecule has 0 bridgehead atoms. The molecular weight excluding hydrogens is 282 g/mol. The zero-order chi connectivity index (χ0) is 14.1. The average Bonchev–Trinajstić information content (AvgIpc) is 3.08. The van der Waals surface area contributed by atoms with Crippen LogP contribution in [0.3, 0.4) is 0 Å². The van der Waals surface area contributed by atoms with Crippen molar-refractivity contribution in [1.29, 1.82) is 0 Å². The van der Waals surface area contributed by atoms with Gasteiger partial charge in [-0.15, -0.1) is 0 Å². The topological polar surface area (TPSA) is 67.5 Å². The fourth-order valence-corrected chi connectivity index (χ4v) is 2.26. The van der Waals surface area contributed by atoms with Gasteiger partial charge < -0.3 is 19.4 Å². The van der Waals surface area contributed by atoms with Crippen molar-refractivity contribution in [3.05, 3.63) is 40.9 Å². The van der Waals surface area contributed by atoms with E-state index in [0.29, 0.717) is 34.5 Å². The van der Waals surface area contributed by atoms with Gasteiger partial charge in [-0.05, 0) is 12.1 Å². The Kier molecular flexibility index (Phi) is 3.23. The summed E-state index contributed by atoms with van der Waals surface area (Å²) in [7, 11) is 1.70. The number of halogens is 1. The van der Waals surface area contributed by atoms with E-state index in [1.807, 2.05) is 0 Å². The molecule has 3 rings (SSSR count). The van der Waals surface area contributed by atoms with Gasteiger partial charge in [-0.25, -0.2) is 4.98 Å². The first-order valence-electron chi connectivity index (χ1n) is 5.98. The quantitative estimate of drug-likeness (QED) is 0.940. The first-order chi connectivity index (χ1) is 9.65. The third-order valence-electron chi connectivity index (χ3n) is 2.96. The van der Waals surface area contributed by atoms with Crippen molar-refractivity contribution < 1.29 is 14.3 Å². The number of nitrogens with zero attached hydrogens (tertiary/aromatic N) is 2. The Morgan fingerprint density at radius 1 is 1.50 bits per heavy atom. The Bertz CT molecular complexity index is 643. The second-order valence-corrected chi connectivity index (χ2v) is 4.80. The second kappa shape index (κ2) is 5.05. The van der Waals surface area contributed by atoms with E-state index in [4.69, 9.17) is 21.1 Å². The van der Waals surface area contributed by atoms with Crippen LogP contribution in [0.4, 0.5) is 0 Å². The van der Waals surface area contributed by atoms with Crippen LogP contribution in [0, 0.1) is 0 Å². The smallest absolute Gasteiger partial charge is 0.254 e. The lowest BCUT2D eigenvalue weighted by molar-refractivity contribution is 0.0781. The molecule has 6 nitrogen and oxygen atoms in total. The van der Waals surface area contributed by atoms with Gasteiger partial charge in [-0.1, -0.05) is 11.6 Å². The lowest BCUT2D eigenvalue weighted by Crippen LogP contribution is -2.26. The van der Waals surface area contributed by atoms with Crippen LogP contribution in [-0.2, 0) is 6.54 Å². The van der Waals surface area contributed by atoms with Crippen molar-refractivity contribution in [2.75, 3.05) is 13.8 Å². The molecule has 1 aliphatic heterocycles. The maximum absolute atomic E-state index is 12.4. The maximum Gasteiger partial charge on any atom is 0.254 e. The number of aromatic nitrogens is 2. The minimum absolute atomic E-state index is 0.120. The van der Waals surface area contributed by atoms with Gasteiger partial charge in [0.25, 0.3) is 5.91 Å². The third-order valence-corrected chi connectivity index (χ3v) is 3.24. The highest BCUT2D eigenvalue weighted by molar-refractivity contribution is 6.32. The molecular formula is C13H12ClN3O3. The number of aromatic amines is 1. The summed E-state index contributed by atoms with van der Waals surface area (Å²) in [6.45, 7) is 0.507. The Morgan fingerprint density at radius 3 is 3.10 bits per heavy atom. The molecule has 0 unspecified atom stereocenters. The highest BCUT2D eigenvalue weighted by atomic mass is 35.5. The van der Waals surface area contributed by atoms with Crippen molar-refractivity contribution in [2.45, 2.75) is 6.54 Å². The number of carbonyl (C=O) groups is 1. The van der Waals surface area contributed by atoms with Crippen LogP contribution < -0.4 is 9.47 Å². The van der Waals surface area contributed by atoms with E-state index in [1.54, 1.807) is 36.5 Å². The number of carbonyl (C=O) groups excluding carboxylic acids is 1. The number of fused-ring (bicyclic) bond motifs is 1. The number of hydrogen-bond acceptors (Lipinski definition) is 4. The number of hydrogen-bond donors (Lipinski definition) is 1. The van der Waals surface area contributed by atoms with E-state index < -0.39 is 0 Å². The van der Waals surface area contributed by atoms with E-state index in [-0.39, 0.29) is 12.7 Å². The molecule has 2 aromatic rings. The van der Waals surface area contributed by atoms with E-state index in [1.165, 1.54) is 0 Å². The van der Waals surface area contributed by atoms with Crippen molar-refractivity contribution in [3.63, 3.8) is 0 Å². The Hall–Kier alpha value is -2.21. The average molecular weight is 294 g/mol. The van der Waals surface area contributed by atoms with Gasteiger partial charge in [0.05, 0.1) is 11.6 Å². The van der Waals surface area contributed by atoms with Gasteiger partial charge in [0.1, 0.15) is 5.82 Å². The minimum atomic E-state index is -0.165. The van der Waals surface area contributed by atoms with E-state index in [0.717, 1.165) is 0 Å². The van der Waals surface area contributed by atoms with Crippen LogP contribution >= 0.6 is 11.6 Å². The summed E-state index contributed by atoms with van der Waals surface area (Å²) in [5.74, 6) is 1.53. The van der Waals surface area contributed by atoms with Crippen LogP contribution in [0.15, 0.2) is 24.5 Å². The van der Waals surface area contributed by atoms with Gasteiger partial charge in [0, 0.05) is 25.0 Å². The SMILES string of the molecule is CN(Cc1ncc[nH]1)C(=O)c1cc(Cl)c2c(c1)OCO2. The first-order valence-corrected chi connectivity index (χ1v) is 6.36. The lowest BCUT2D eigenvalue weighted by Gasteiger charge is -2.16. The maximum atomic E-state index is 12.4. The standard InChI is InChI=1S/C13H12ClN3O3/c1-17(6-11-15-2-3-16-11)13(18)8-4-9(14)12-10(5-8)19-7-20-12/h2-5H,6-7H2,1H3,(H,15,16). The summed E-state index contributed by atoms with van der Waals surface area (Å²) < 4.78 is 10.5. The van der Waals surface area contributed by atoms with Crippen LogP contribution in [0.1, 0.15) is 16.2 Å². The molecule has 1 aromatic heterocycles. The van der Waals surface area contributed by atoms with E-state index in [2.05, 4.69) is 9.97 Å². The van der Waals surface area contributed by atoms with Crippen LogP contribution in [-0.4, -0.2) is 34.6 Å². The summed E-state index contributed by atoms with van der Waals surface area (Å²) in [6.07, 6.45) is 3.36. The number of rotatable bonds is 3. The van der Waals surface area contributed by atoms with Crippen LogP contribution in [0.5, 0.6) is 11.5 Å². The molecule has 0 saturated heterocycles. The molecule has 0 atom stereocenters. The van der Waals surface area contributed by atoms with Gasteiger partial charge in [0.15, 0.2) is 11.5 Å². The van der Waals surface area contributed by atoms with Gasteiger partial charge in [-0.3, -0.25) is 4.79 Å². The number of imidazole rings is 1. The molecule has 1 N–H and O–H groups in total. The second-order valence-electron chi connectivity index (χ2n) is 4.39. The Balaban J connectivity index is 1.82. The van der Waals surface area contributed by atoms with E-state index >= 15 is 0 Å². The fourth-order valence-electron chi connectivity index (χ4n) is 1.99. The highest BCUT2D eigenvalue weighted by Gasteiger charge is 2.22. The summed E-state index contributed by atoms with van der Waals surface area (Å²) in [5, 5.41) is 0.370. The molecule has 2 heterocycles. The zero-order valence-electron chi connectivity index (χ0n) is 10.7. The number of amides is 1. The molecule has 20 heavy (non-hydrogen) atoms. The first kappa shape index (κ1) is 12.8. The van der Waals surface area contributed by atoms with Gasteiger partial charge in [-0.2, -0.15) is 0 Å². The molecule has 7 heteroatoms. The molecule has 0 aliphatic carbocycles. The molecule has 1 aromatic carbocycles. The molecule has 0 spiro atoms. The molecule has 0 saturated carbocycles. The predicted octanol–water partition coefficient (Wildman–Crippen LogP) is 2.06. The van der Waals surface area contributed by atoms with Crippen molar-refractivity contribution in [2.24, 2.45) is 0 Å². The normalized spacial score (nSPS) is 12.5. The Labute approximate surface area is 120 Å². The minimum Gasteiger partial charge on any atom is -0.454 e. The largest absolute Gasteiger partial charge is 0.454 e. The molecule has 104 valence electrons. The third kappa shape index (κ3) is 2.30. The van der Waals surface area contributed by atoms with Crippen molar-refractivity contribution in [3.8, 4) is 11.5 Å². The number of nitrogens with one attached hydrogen (secondary N) is 1. The molecule has 0 radical (unpaired) electrons. The zero-order valence-corrected chi connectivity index (χ0v) is 11.5. The van der Waals surface area contributed by atoms with Crippen LogP contribution in [0.2, 0.25) is 5.02 Å². The van der Waals surface area contributed by atoms with Gasteiger partial charge >= 0.3 is 0 Å². The number of ether oxygens (including phenoxy) is 2. The molecule has 0 fully saturated rings. The van der Waals surface area contributed by atoms with Crippen LogP contribution in [0.25, 0.3) is 0 Å². The Morgan fingerprint density at radius 2 is 2.35 bits per heavy atom. The van der Waals surface area contributed by atoms with Crippen molar-refractivity contribution >= 4 is 17.5 Å². The fraction of sp³-hybridized carbons (Fsp3) is 0.231. The summed E-state index contributed by atoms with van der Waals surface area (Å²) in [5.41, 5.74) is 0.452. The highest BCUT2D eigenvalue weighted by Crippen LogP contribution is 2.39. The monoisotopic (exact) mass is 293 g/mol. The number of benzene rings is 1. The molecule has 1 aliphatic rings. The lowest BCUT2D eigenvalue weighted by atomic mass is 10.1. The van der Waals surface area contributed by atoms with Crippen molar-refractivity contribution in [1.82, 2.24) is 14.9 Å². The predicted molar refractivity (Wildman–Crippen MR) is 72.0 cm³/mol. The molecule has 1 amide bonds. The van der Waals surface area contributed by atoms with E-state index in [9.17, 15) is 4.79 Å². The summed E-state index contributed by atoms with van der Waals surface area (Å²) in [4.78, 5) is 20.9.